The molecule has 0 aliphatic carbocycles. The van der Waals surface area contributed by atoms with Crippen LogP contribution in [0, 0.1) is 12.8 Å². The number of hydrogen-bond acceptors (Lipinski definition) is 4. The molecule has 6 heteroatoms. The van der Waals surface area contributed by atoms with E-state index < -0.39 is 0 Å². The fourth-order valence-electron chi connectivity index (χ4n) is 3.60. The van der Waals surface area contributed by atoms with E-state index in [-0.39, 0.29) is 12.3 Å². The molecule has 1 aromatic heterocycles. The Hall–Kier alpha value is -1.85. The van der Waals surface area contributed by atoms with Crippen molar-refractivity contribution in [2.75, 3.05) is 33.2 Å². The first-order chi connectivity index (χ1) is 13.0. The first-order valence-electron chi connectivity index (χ1n) is 9.62. The van der Waals surface area contributed by atoms with Crippen LogP contribution in [0.25, 0.3) is 0 Å². The summed E-state index contributed by atoms with van der Waals surface area (Å²) in [5.41, 5.74) is 2.14. The molecule has 0 unspecified atom stereocenters. The lowest BCUT2D eigenvalue weighted by atomic mass is 9.96. The highest BCUT2D eigenvalue weighted by atomic mass is 35.5. The zero-order valence-electron chi connectivity index (χ0n) is 16.2. The molecule has 0 spiro atoms. The quantitative estimate of drug-likeness (QED) is 0.726. The van der Waals surface area contributed by atoms with Crippen LogP contribution in [0.5, 0.6) is 0 Å². The van der Waals surface area contributed by atoms with Crippen molar-refractivity contribution in [2.45, 2.75) is 32.6 Å². The topological polar surface area (TPSA) is 49.6 Å². The van der Waals surface area contributed by atoms with Gasteiger partial charge in [0.25, 0.3) is 0 Å². The maximum atomic E-state index is 12.4. The first kappa shape index (κ1) is 19.9. The SMILES string of the molecule is Cc1cc(CC(=O)N(C)CC2CCN(CCc3ccc(Cl)cc3)CC2)on1. The predicted octanol–water partition coefficient (Wildman–Crippen LogP) is 3.59. The molecule has 1 saturated heterocycles. The molecule has 1 amide bonds. The van der Waals surface area contributed by atoms with Crippen molar-refractivity contribution >= 4 is 17.5 Å². The van der Waals surface area contributed by atoms with Gasteiger partial charge in [0, 0.05) is 31.2 Å². The number of carbonyl (C=O) groups excluding carboxylic acids is 1. The predicted molar refractivity (Wildman–Crippen MR) is 107 cm³/mol. The number of likely N-dealkylation sites (tertiary alicyclic amines) is 1. The average molecular weight is 390 g/mol. The van der Waals surface area contributed by atoms with Gasteiger partial charge in [-0.2, -0.15) is 0 Å². The summed E-state index contributed by atoms with van der Waals surface area (Å²) in [6.45, 7) is 5.95. The number of amides is 1. The molecule has 0 saturated carbocycles. The molecule has 0 bridgehead atoms. The van der Waals surface area contributed by atoms with E-state index in [4.69, 9.17) is 16.1 Å². The summed E-state index contributed by atoms with van der Waals surface area (Å²) in [7, 11) is 1.89. The highest BCUT2D eigenvalue weighted by Crippen LogP contribution is 2.19. The van der Waals surface area contributed by atoms with Crippen LogP contribution in [0.3, 0.4) is 0 Å². The molecule has 27 heavy (non-hydrogen) atoms. The van der Waals surface area contributed by atoms with Crippen LogP contribution < -0.4 is 0 Å². The van der Waals surface area contributed by atoms with Gasteiger partial charge in [-0.3, -0.25) is 4.79 Å². The largest absolute Gasteiger partial charge is 0.361 e. The molecule has 3 rings (SSSR count). The van der Waals surface area contributed by atoms with Crippen molar-refractivity contribution in [1.82, 2.24) is 15.0 Å². The second-order valence-corrected chi connectivity index (χ2v) is 7.98. The van der Waals surface area contributed by atoms with Crippen molar-refractivity contribution in [2.24, 2.45) is 5.92 Å². The van der Waals surface area contributed by atoms with Gasteiger partial charge in [0.1, 0.15) is 5.76 Å². The molecule has 5 nitrogen and oxygen atoms in total. The molecule has 2 heterocycles. The minimum Gasteiger partial charge on any atom is -0.361 e. The lowest BCUT2D eigenvalue weighted by Gasteiger charge is -2.33. The lowest BCUT2D eigenvalue weighted by molar-refractivity contribution is -0.130. The van der Waals surface area contributed by atoms with Gasteiger partial charge in [-0.1, -0.05) is 28.9 Å². The fourth-order valence-corrected chi connectivity index (χ4v) is 3.73. The Labute approximate surface area is 166 Å². The zero-order valence-corrected chi connectivity index (χ0v) is 16.9. The van der Waals surface area contributed by atoms with Gasteiger partial charge in [0.05, 0.1) is 12.1 Å². The molecule has 1 aliphatic rings. The number of rotatable bonds is 7. The van der Waals surface area contributed by atoms with E-state index in [1.165, 1.54) is 5.56 Å². The minimum absolute atomic E-state index is 0.0938. The Bertz CT molecular complexity index is 736. The smallest absolute Gasteiger partial charge is 0.230 e. The first-order valence-corrected chi connectivity index (χ1v) is 10.0. The van der Waals surface area contributed by atoms with Crippen LogP contribution in [-0.4, -0.2) is 54.1 Å². The molecule has 146 valence electrons. The van der Waals surface area contributed by atoms with Crippen molar-refractivity contribution in [3.8, 4) is 0 Å². The van der Waals surface area contributed by atoms with E-state index in [1.807, 2.05) is 37.1 Å². The van der Waals surface area contributed by atoms with Gasteiger partial charge in [0.2, 0.25) is 5.91 Å². The van der Waals surface area contributed by atoms with Gasteiger partial charge >= 0.3 is 0 Å². The van der Waals surface area contributed by atoms with Gasteiger partial charge in [-0.05, 0) is 62.9 Å². The summed E-state index contributed by atoms with van der Waals surface area (Å²) in [6, 6.07) is 9.94. The van der Waals surface area contributed by atoms with E-state index >= 15 is 0 Å². The third-order valence-electron chi connectivity index (χ3n) is 5.30. The monoisotopic (exact) mass is 389 g/mol. The van der Waals surface area contributed by atoms with E-state index in [1.54, 1.807) is 0 Å². The Kier molecular flexibility index (Phi) is 6.91. The molecule has 1 aliphatic heterocycles. The molecule has 1 aromatic carbocycles. The Balaban J connectivity index is 1.37. The number of carbonyl (C=O) groups is 1. The molecule has 0 N–H and O–H groups in total. The van der Waals surface area contributed by atoms with Gasteiger partial charge in [-0.15, -0.1) is 0 Å². The maximum Gasteiger partial charge on any atom is 0.230 e. The fraction of sp³-hybridized carbons (Fsp3) is 0.524. The van der Waals surface area contributed by atoms with E-state index in [0.29, 0.717) is 11.7 Å². The van der Waals surface area contributed by atoms with Gasteiger partial charge in [-0.25, -0.2) is 0 Å². The number of piperidine rings is 1. The Morgan fingerprint density at radius 2 is 2.00 bits per heavy atom. The third kappa shape index (κ3) is 6.08. The number of aryl methyl sites for hydroxylation is 1. The van der Waals surface area contributed by atoms with Crippen LogP contribution in [0.2, 0.25) is 5.02 Å². The molecular formula is C21H28ClN3O2. The second-order valence-electron chi connectivity index (χ2n) is 7.55. The molecule has 0 radical (unpaired) electrons. The third-order valence-corrected chi connectivity index (χ3v) is 5.55. The van der Waals surface area contributed by atoms with Crippen molar-refractivity contribution in [3.63, 3.8) is 0 Å². The summed E-state index contributed by atoms with van der Waals surface area (Å²) < 4.78 is 5.15. The summed E-state index contributed by atoms with van der Waals surface area (Å²) in [5, 5.41) is 4.63. The summed E-state index contributed by atoms with van der Waals surface area (Å²) in [5.74, 6) is 1.31. The molecule has 0 atom stereocenters. The Morgan fingerprint density at radius 3 is 2.63 bits per heavy atom. The van der Waals surface area contributed by atoms with Gasteiger partial charge in [0.15, 0.2) is 0 Å². The molecule has 2 aromatic rings. The molecule has 1 fully saturated rings. The summed E-state index contributed by atoms with van der Waals surface area (Å²) >= 11 is 5.94. The highest BCUT2D eigenvalue weighted by molar-refractivity contribution is 6.30. The van der Waals surface area contributed by atoms with Crippen LogP contribution in [-0.2, 0) is 17.6 Å². The van der Waals surface area contributed by atoms with Crippen LogP contribution in [0.4, 0.5) is 0 Å². The normalized spacial score (nSPS) is 15.8. The standard InChI is InChI=1S/C21H28ClN3O2/c1-16-13-20(27-23-16)14-21(26)24(2)15-18-8-11-25(12-9-18)10-7-17-3-5-19(22)6-4-17/h3-6,13,18H,7-12,14-15H2,1-2H3. The van der Waals surface area contributed by atoms with Crippen molar-refractivity contribution < 1.29 is 9.32 Å². The number of hydrogen-bond donors (Lipinski definition) is 0. The van der Waals surface area contributed by atoms with Crippen LogP contribution >= 0.6 is 11.6 Å². The van der Waals surface area contributed by atoms with Crippen molar-refractivity contribution in [3.05, 3.63) is 52.4 Å². The maximum absolute atomic E-state index is 12.4. The summed E-state index contributed by atoms with van der Waals surface area (Å²) in [4.78, 5) is 16.7. The van der Waals surface area contributed by atoms with Crippen LogP contribution in [0.15, 0.2) is 34.9 Å². The van der Waals surface area contributed by atoms with E-state index in [0.717, 1.165) is 56.2 Å². The van der Waals surface area contributed by atoms with E-state index in [9.17, 15) is 4.79 Å². The second kappa shape index (κ2) is 9.38. The number of halogens is 1. The number of benzene rings is 1. The molecular weight excluding hydrogens is 362 g/mol. The lowest BCUT2D eigenvalue weighted by Crippen LogP contribution is -2.40. The zero-order chi connectivity index (χ0) is 19.2. The van der Waals surface area contributed by atoms with E-state index in [2.05, 4.69) is 22.2 Å². The minimum atomic E-state index is 0.0938. The number of likely N-dealkylation sites (N-methyl/N-ethyl adjacent to an activating group) is 1. The van der Waals surface area contributed by atoms with Crippen molar-refractivity contribution in [1.29, 1.82) is 0 Å². The number of nitrogens with zero attached hydrogens (tertiary/aromatic N) is 3. The van der Waals surface area contributed by atoms with Gasteiger partial charge < -0.3 is 14.3 Å². The highest BCUT2D eigenvalue weighted by Gasteiger charge is 2.22. The van der Waals surface area contributed by atoms with Crippen LogP contribution in [0.1, 0.15) is 29.9 Å². The average Bonchev–Trinajstić information content (AvgIpc) is 3.07. The number of aromatic nitrogens is 1. The summed E-state index contributed by atoms with van der Waals surface area (Å²) in [6.07, 6.45) is 3.62. The Morgan fingerprint density at radius 1 is 1.30 bits per heavy atom.